The van der Waals surface area contributed by atoms with E-state index in [0.29, 0.717) is 6.04 Å². The molecule has 1 atom stereocenters. The van der Waals surface area contributed by atoms with E-state index in [1.807, 2.05) is 10.9 Å². The Morgan fingerprint density at radius 2 is 2.00 bits per heavy atom. The maximum Gasteiger partial charge on any atom is 0.0522 e. The lowest BCUT2D eigenvalue weighted by Gasteiger charge is -2.14. The van der Waals surface area contributed by atoms with Crippen LogP contribution < -0.4 is 5.32 Å². The number of nitrogens with zero attached hydrogens (tertiary/aromatic N) is 2. The highest BCUT2D eigenvalue weighted by Crippen LogP contribution is 2.04. The molecule has 0 amide bonds. The van der Waals surface area contributed by atoms with E-state index in [1.165, 1.54) is 11.3 Å². The summed E-state index contributed by atoms with van der Waals surface area (Å²) in [7, 11) is 0. The van der Waals surface area contributed by atoms with Crippen LogP contribution in [0.25, 0.3) is 0 Å². The number of aromatic nitrogens is 2. The van der Waals surface area contributed by atoms with Crippen LogP contribution in [-0.2, 0) is 19.5 Å². The number of aryl methyl sites for hydroxylation is 1. The molecular weight excluding hydrogens is 222 g/mol. The van der Waals surface area contributed by atoms with Gasteiger partial charge in [-0.3, -0.25) is 4.68 Å². The van der Waals surface area contributed by atoms with E-state index < -0.39 is 0 Å². The van der Waals surface area contributed by atoms with Gasteiger partial charge in [0.1, 0.15) is 0 Å². The third kappa shape index (κ3) is 3.44. The summed E-state index contributed by atoms with van der Waals surface area (Å²) in [6.07, 6.45) is 2.92. The van der Waals surface area contributed by atoms with E-state index in [-0.39, 0.29) is 0 Å². The second kappa shape index (κ2) is 6.36. The van der Waals surface area contributed by atoms with Crippen LogP contribution in [0.4, 0.5) is 0 Å². The molecule has 96 valence electrons. The zero-order chi connectivity index (χ0) is 12.8. The fourth-order valence-electron chi connectivity index (χ4n) is 2.11. The molecule has 1 aromatic carbocycles. The number of nitrogens with one attached hydrogen (secondary N) is 1. The third-order valence-electron chi connectivity index (χ3n) is 3.12. The van der Waals surface area contributed by atoms with Crippen molar-refractivity contribution in [2.45, 2.75) is 39.4 Å². The molecule has 0 aliphatic heterocycles. The highest BCUT2D eigenvalue weighted by molar-refractivity contribution is 5.15. The van der Waals surface area contributed by atoms with Gasteiger partial charge in [-0.25, -0.2) is 0 Å². The Balaban J connectivity index is 1.83. The molecule has 0 saturated heterocycles. The molecule has 3 nitrogen and oxygen atoms in total. The van der Waals surface area contributed by atoms with Crippen LogP contribution in [0.1, 0.15) is 25.1 Å². The van der Waals surface area contributed by atoms with Crippen molar-refractivity contribution in [1.29, 1.82) is 0 Å². The number of hydrogen-bond donors (Lipinski definition) is 1. The van der Waals surface area contributed by atoms with Gasteiger partial charge < -0.3 is 5.32 Å². The summed E-state index contributed by atoms with van der Waals surface area (Å²) in [5, 5.41) is 7.82. The molecule has 2 rings (SSSR count). The molecule has 0 radical (unpaired) electrons. The van der Waals surface area contributed by atoms with Crippen molar-refractivity contribution in [3.05, 3.63) is 53.9 Å². The first-order valence-electron chi connectivity index (χ1n) is 6.57. The summed E-state index contributed by atoms with van der Waals surface area (Å²) in [5.41, 5.74) is 2.62. The van der Waals surface area contributed by atoms with Gasteiger partial charge in [-0.05, 0) is 31.9 Å². The topological polar surface area (TPSA) is 29.9 Å². The van der Waals surface area contributed by atoms with Crippen molar-refractivity contribution in [2.75, 3.05) is 0 Å². The quantitative estimate of drug-likeness (QED) is 0.845. The number of hydrogen-bond acceptors (Lipinski definition) is 2. The summed E-state index contributed by atoms with van der Waals surface area (Å²) >= 11 is 0. The molecule has 0 bridgehead atoms. The predicted octanol–water partition coefficient (Wildman–Crippen LogP) is 2.62. The van der Waals surface area contributed by atoms with Gasteiger partial charge in [-0.15, -0.1) is 0 Å². The lowest BCUT2D eigenvalue weighted by molar-refractivity contribution is 0.514. The average molecular weight is 243 g/mol. The molecule has 1 heterocycles. The Morgan fingerprint density at radius 3 is 2.72 bits per heavy atom. The molecule has 0 fully saturated rings. The molecule has 0 spiro atoms. The third-order valence-corrected chi connectivity index (χ3v) is 3.12. The fourth-order valence-corrected chi connectivity index (χ4v) is 2.11. The van der Waals surface area contributed by atoms with Crippen molar-refractivity contribution < 1.29 is 0 Å². The number of rotatable bonds is 6. The molecule has 0 saturated carbocycles. The molecule has 18 heavy (non-hydrogen) atoms. The smallest absolute Gasteiger partial charge is 0.0522 e. The van der Waals surface area contributed by atoms with Crippen LogP contribution in [0.15, 0.2) is 42.6 Å². The highest BCUT2D eigenvalue weighted by Gasteiger charge is 2.05. The summed E-state index contributed by atoms with van der Waals surface area (Å²) in [6.45, 7) is 6.14. The van der Waals surface area contributed by atoms with Gasteiger partial charge >= 0.3 is 0 Å². The van der Waals surface area contributed by atoms with Crippen molar-refractivity contribution in [3.8, 4) is 0 Å². The van der Waals surface area contributed by atoms with E-state index in [9.17, 15) is 0 Å². The molecule has 1 unspecified atom stereocenters. The summed E-state index contributed by atoms with van der Waals surface area (Å²) in [5.74, 6) is 0. The van der Waals surface area contributed by atoms with Gasteiger partial charge in [0.2, 0.25) is 0 Å². The molecule has 3 heteroatoms. The van der Waals surface area contributed by atoms with E-state index in [4.69, 9.17) is 0 Å². The van der Waals surface area contributed by atoms with E-state index >= 15 is 0 Å². The summed E-state index contributed by atoms with van der Waals surface area (Å²) < 4.78 is 2.03. The first-order chi connectivity index (χ1) is 8.79. The Labute approximate surface area is 109 Å². The van der Waals surface area contributed by atoms with Crippen molar-refractivity contribution in [2.24, 2.45) is 0 Å². The minimum absolute atomic E-state index is 0.465. The normalized spacial score (nSPS) is 12.6. The zero-order valence-corrected chi connectivity index (χ0v) is 11.1. The number of benzene rings is 1. The molecule has 1 aromatic heterocycles. The van der Waals surface area contributed by atoms with Crippen LogP contribution >= 0.6 is 0 Å². The Bertz CT molecular complexity index is 462. The molecule has 1 N–H and O–H groups in total. The standard InChI is InChI=1S/C15H21N3/c1-3-18-15(9-10-17-18)12-16-13(2)11-14-7-5-4-6-8-14/h4-10,13,16H,3,11-12H2,1-2H3. The fraction of sp³-hybridized carbons (Fsp3) is 0.400. The van der Waals surface area contributed by atoms with Crippen LogP contribution in [0.5, 0.6) is 0 Å². The molecule has 2 aromatic rings. The van der Waals surface area contributed by atoms with Gasteiger partial charge in [0, 0.05) is 25.3 Å². The van der Waals surface area contributed by atoms with Gasteiger partial charge in [-0.2, -0.15) is 5.10 Å². The van der Waals surface area contributed by atoms with E-state index in [1.54, 1.807) is 0 Å². The molecular formula is C15H21N3. The lowest BCUT2D eigenvalue weighted by Crippen LogP contribution is -2.28. The second-order valence-electron chi connectivity index (χ2n) is 4.61. The first-order valence-corrected chi connectivity index (χ1v) is 6.57. The first kappa shape index (κ1) is 12.8. The minimum atomic E-state index is 0.465. The van der Waals surface area contributed by atoms with Gasteiger partial charge in [-0.1, -0.05) is 30.3 Å². The molecule has 0 aliphatic carbocycles. The van der Waals surface area contributed by atoms with Crippen LogP contribution in [0.2, 0.25) is 0 Å². The second-order valence-corrected chi connectivity index (χ2v) is 4.61. The van der Waals surface area contributed by atoms with Crippen LogP contribution in [-0.4, -0.2) is 15.8 Å². The van der Waals surface area contributed by atoms with E-state index in [0.717, 1.165) is 19.5 Å². The highest BCUT2D eigenvalue weighted by atomic mass is 15.3. The van der Waals surface area contributed by atoms with Gasteiger partial charge in [0.05, 0.1) is 5.69 Å². The summed E-state index contributed by atoms with van der Waals surface area (Å²) in [6, 6.07) is 13.1. The largest absolute Gasteiger partial charge is 0.308 e. The maximum atomic E-state index is 4.27. The molecule has 0 aliphatic rings. The lowest BCUT2D eigenvalue weighted by atomic mass is 10.1. The summed E-state index contributed by atoms with van der Waals surface area (Å²) in [4.78, 5) is 0. The Morgan fingerprint density at radius 1 is 1.22 bits per heavy atom. The monoisotopic (exact) mass is 243 g/mol. The maximum absolute atomic E-state index is 4.27. The average Bonchev–Trinajstić information content (AvgIpc) is 2.85. The zero-order valence-electron chi connectivity index (χ0n) is 11.1. The van der Waals surface area contributed by atoms with Crippen molar-refractivity contribution in [1.82, 2.24) is 15.1 Å². The van der Waals surface area contributed by atoms with Crippen molar-refractivity contribution >= 4 is 0 Å². The van der Waals surface area contributed by atoms with Crippen LogP contribution in [0.3, 0.4) is 0 Å². The van der Waals surface area contributed by atoms with Crippen LogP contribution in [0, 0.1) is 0 Å². The SMILES string of the molecule is CCn1nccc1CNC(C)Cc1ccccc1. The van der Waals surface area contributed by atoms with Gasteiger partial charge in [0.15, 0.2) is 0 Å². The minimum Gasteiger partial charge on any atom is -0.308 e. The Kier molecular flexibility index (Phi) is 4.53. The van der Waals surface area contributed by atoms with E-state index in [2.05, 4.69) is 60.7 Å². The Hall–Kier alpha value is -1.61. The predicted molar refractivity (Wildman–Crippen MR) is 74.3 cm³/mol. The van der Waals surface area contributed by atoms with Crippen molar-refractivity contribution in [3.63, 3.8) is 0 Å². The van der Waals surface area contributed by atoms with Gasteiger partial charge in [0.25, 0.3) is 0 Å².